The van der Waals surface area contributed by atoms with Crippen LogP contribution in [0.1, 0.15) is 11.1 Å². The summed E-state index contributed by atoms with van der Waals surface area (Å²) in [7, 11) is 1.54. The lowest BCUT2D eigenvalue weighted by Gasteiger charge is -2.12. The number of carbonyl (C=O) groups excluding carboxylic acids is 1. The number of benzene rings is 2. The fourth-order valence-electron chi connectivity index (χ4n) is 1.95. The molecule has 0 heterocycles. The summed E-state index contributed by atoms with van der Waals surface area (Å²) in [6, 6.07) is 12.0. The van der Waals surface area contributed by atoms with E-state index in [9.17, 15) is 9.90 Å². The van der Waals surface area contributed by atoms with Crippen molar-refractivity contribution < 1.29 is 14.6 Å². The Labute approximate surface area is 133 Å². The number of hydrogen-bond acceptors (Lipinski definition) is 3. The van der Waals surface area contributed by atoms with E-state index in [1.165, 1.54) is 0 Å². The van der Waals surface area contributed by atoms with Crippen molar-refractivity contribution in [2.75, 3.05) is 12.4 Å². The van der Waals surface area contributed by atoms with Crippen molar-refractivity contribution in [3.05, 3.63) is 58.6 Å². The van der Waals surface area contributed by atoms with Gasteiger partial charge in [0, 0.05) is 12.6 Å². The van der Waals surface area contributed by atoms with Gasteiger partial charge in [-0.25, -0.2) is 4.79 Å². The van der Waals surface area contributed by atoms with Gasteiger partial charge in [0.2, 0.25) is 0 Å². The third-order valence-electron chi connectivity index (χ3n) is 3.15. The summed E-state index contributed by atoms with van der Waals surface area (Å²) >= 11 is 6.03. The number of anilines is 1. The zero-order valence-corrected chi connectivity index (χ0v) is 12.9. The highest BCUT2D eigenvalue weighted by atomic mass is 35.5. The number of halogens is 1. The zero-order valence-electron chi connectivity index (χ0n) is 12.1. The van der Waals surface area contributed by atoms with E-state index in [1.54, 1.807) is 25.3 Å². The first-order valence-corrected chi connectivity index (χ1v) is 7.08. The number of amides is 2. The zero-order chi connectivity index (χ0) is 15.9. The van der Waals surface area contributed by atoms with Gasteiger partial charge < -0.3 is 20.5 Å². The standard InChI is InChI=1S/C16H17ClN2O3/c1-22-13-6-7-14(17)15(8-13)19-16(21)18-9-11-4-2-3-5-12(11)10-20/h2-8,20H,9-10H2,1H3,(H2,18,19,21). The SMILES string of the molecule is COc1ccc(Cl)c(NC(=O)NCc2ccccc2CO)c1. The van der Waals surface area contributed by atoms with Gasteiger partial charge in [0.05, 0.1) is 24.4 Å². The Morgan fingerprint density at radius 3 is 2.64 bits per heavy atom. The van der Waals surface area contributed by atoms with E-state index in [1.807, 2.05) is 24.3 Å². The highest BCUT2D eigenvalue weighted by molar-refractivity contribution is 6.33. The number of aliphatic hydroxyl groups is 1. The molecule has 0 saturated carbocycles. The first-order chi connectivity index (χ1) is 10.6. The van der Waals surface area contributed by atoms with E-state index in [-0.39, 0.29) is 12.6 Å². The number of methoxy groups -OCH3 is 1. The minimum absolute atomic E-state index is 0.0683. The molecule has 2 aromatic carbocycles. The number of carbonyl (C=O) groups is 1. The second-order valence-electron chi connectivity index (χ2n) is 4.58. The Morgan fingerprint density at radius 2 is 1.95 bits per heavy atom. The lowest BCUT2D eigenvalue weighted by atomic mass is 10.1. The van der Waals surface area contributed by atoms with Gasteiger partial charge in [0.25, 0.3) is 0 Å². The van der Waals surface area contributed by atoms with Crippen LogP contribution in [0.15, 0.2) is 42.5 Å². The van der Waals surface area contributed by atoms with Crippen LogP contribution in [0.3, 0.4) is 0 Å². The molecule has 0 bridgehead atoms. The number of hydrogen-bond donors (Lipinski definition) is 3. The molecule has 116 valence electrons. The normalized spacial score (nSPS) is 10.1. The molecule has 0 aliphatic rings. The minimum Gasteiger partial charge on any atom is -0.497 e. The fourth-order valence-corrected chi connectivity index (χ4v) is 2.12. The average molecular weight is 321 g/mol. The van der Waals surface area contributed by atoms with Crippen LogP contribution in [0.25, 0.3) is 0 Å². The quantitative estimate of drug-likeness (QED) is 0.792. The summed E-state index contributed by atoms with van der Waals surface area (Å²) in [5.74, 6) is 0.602. The second-order valence-corrected chi connectivity index (χ2v) is 4.99. The molecule has 0 radical (unpaired) electrons. The molecule has 0 fully saturated rings. The maximum Gasteiger partial charge on any atom is 0.319 e. The van der Waals surface area contributed by atoms with Crippen LogP contribution >= 0.6 is 11.6 Å². The van der Waals surface area contributed by atoms with Crippen LogP contribution in [-0.4, -0.2) is 18.2 Å². The van der Waals surface area contributed by atoms with Gasteiger partial charge in [-0.3, -0.25) is 0 Å². The molecule has 22 heavy (non-hydrogen) atoms. The Bertz CT molecular complexity index is 662. The second kappa shape index (κ2) is 7.68. The van der Waals surface area contributed by atoms with Crippen LogP contribution in [-0.2, 0) is 13.2 Å². The summed E-state index contributed by atoms with van der Waals surface area (Å²) in [4.78, 5) is 12.0. The van der Waals surface area contributed by atoms with Crippen molar-refractivity contribution in [2.24, 2.45) is 0 Å². The molecule has 0 saturated heterocycles. The number of rotatable bonds is 5. The fraction of sp³-hybridized carbons (Fsp3) is 0.188. The van der Waals surface area contributed by atoms with Crippen molar-refractivity contribution in [1.29, 1.82) is 0 Å². The largest absolute Gasteiger partial charge is 0.497 e. The smallest absolute Gasteiger partial charge is 0.319 e. The molecule has 2 aromatic rings. The maximum atomic E-state index is 12.0. The maximum absolute atomic E-state index is 12.0. The van der Waals surface area contributed by atoms with Crippen molar-refractivity contribution in [2.45, 2.75) is 13.2 Å². The van der Waals surface area contributed by atoms with Crippen molar-refractivity contribution >= 4 is 23.3 Å². The van der Waals surface area contributed by atoms with Gasteiger partial charge in [-0.2, -0.15) is 0 Å². The first kappa shape index (κ1) is 16.1. The van der Waals surface area contributed by atoms with Crippen LogP contribution in [0, 0.1) is 0 Å². The molecular weight excluding hydrogens is 304 g/mol. The Kier molecular flexibility index (Phi) is 5.63. The van der Waals surface area contributed by atoms with E-state index < -0.39 is 0 Å². The molecule has 0 aliphatic carbocycles. The third-order valence-corrected chi connectivity index (χ3v) is 3.48. The number of aliphatic hydroxyl groups excluding tert-OH is 1. The van der Waals surface area contributed by atoms with Crippen LogP contribution in [0.2, 0.25) is 5.02 Å². The highest BCUT2D eigenvalue weighted by Gasteiger charge is 2.08. The predicted octanol–water partition coefficient (Wildman–Crippen LogP) is 3.16. The molecule has 6 heteroatoms. The number of nitrogens with one attached hydrogen (secondary N) is 2. The van der Waals surface area contributed by atoms with Crippen LogP contribution in [0.4, 0.5) is 10.5 Å². The summed E-state index contributed by atoms with van der Waals surface area (Å²) in [5.41, 5.74) is 2.10. The lowest BCUT2D eigenvalue weighted by molar-refractivity contribution is 0.251. The van der Waals surface area contributed by atoms with Gasteiger partial charge in [0.1, 0.15) is 5.75 Å². The summed E-state index contributed by atoms with van der Waals surface area (Å²) in [6.07, 6.45) is 0. The molecule has 0 aromatic heterocycles. The van der Waals surface area contributed by atoms with Crippen molar-refractivity contribution in [3.63, 3.8) is 0 Å². The third kappa shape index (κ3) is 4.13. The lowest BCUT2D eigenvalue weighted by Crippen LogP contribution is -2.28. The Balaban J connectivity index is 1.99. The first-order valence-electron chi connectivity index (χ1n) is 6.70. The average Bonchev–Trinajstić information content (AvgIpc) is 2.55. The molecule has 2 rings (SSSR count). The highest BCUT2D eigenvalue weighted by Crippen LogP contribution is 2.26. The molecule has 0 atom stereocenters. The molecule has 3 N–H and O–H groups in total. The number of ether oxygens (including phenoxy) is 1. The van der Waals surface area contributed by atoms with Gasteiger partial charge in [-0.05, 0) is 23.3 Å². The summed E-state index contributed by atoms with van der Waals surface area (Å²) in [5, 5.41) is 15.1. The van der Waals surface area contributed by atoms with Crippen LogP contribution < -0.4 is 15.4 Å². The predicted molar refractivity (Wildman–Crippen MR) is 86.2 cm³/mol. The molecule has 5 nitrogen and oxygen atoms in total. The molecule has 0 aliphatic heterocycles. The molecule has 0 unspecified atom stereocenters. The van der Waals surface area contributed by atoms with Gasteiger partial charge in [-0.15, -0.1) is 0 Å². The number of urea groups is 1. The Hall–Kier alpha value is -2.24. The van der Waals surface area contributed by atoms with E-state index in [2.05, 4.69) is 10.6 Å². The topological polar surface area (TPSA) is 70.6 Å². The van der Waals surface area contributed by atoms with E-state index in [0.29, 0.717) is 23.0 Å². The van der Waals surface area contributed by atoms with Crippen LogP contribution in [0.5, 0.6) is 5.75 Å². The summed E-state index contributed by atoms with van der Waals surface area (Å²) < 4.78 is 5.09. The van der Waals surface area contributed by atoms with Crippen molar-refractivity contribution in [1.82, 2.24) is 5.32 Å². The minimum atomic E-state index is -0.386. The summed E-state index contributed by atoms with van der Waals surface area (Å²) in [6.45, 7) is 0.241. The van der Waals surface area contributed by atoms with E-state index >= 15 is 0 Å². The van der Waals surface area contributed by atoms with Crippen molar-refractivity contribution in [3.8, 4) is 5.75 Å². The monoisotopic (exact) mass is 320 g/mol. The van der Waals surface area contributed by atoms with E-state index in [4.69, 9.17) is 16.3 Å². The van der Waals surface area contributed by atoms with Gasteiger partial charge >= 0.3 is 6.03 Å². The molecule has 2 amide bonds. The molecule has 0 spiro atoms. The van der Waals surface area contributed by atoms with Gasteiger partial charge in [-0.1, -0.05) is 35.9 Å². The molecular formula is C16H17ClN2O3. The van der Waals surface area contributed by atoms with E-state index in [0.717, 1.165) is 11.1 Å². The Morgan fingerprint density at radius 1 is 1.23 bits per heavy atom. The van der Waals surface area contributed by atoms with Gasteiger partial charge in [0.15, 0.2) is 0 Å².